The van der Waals surface area contributed by atoms with Crippen LogP contribution in [0.5, 0.6) is 0 Å². The van der Waals surface area contributed by atoms with E-state index in [1.54, 1.807) is 13.8 Å². The van der Waals surface area contributed by atoms with Gasteiger partial charge in [-0.25, -0.2) is 12.8 Å². The van der Waals surface area contributed by atoms with Gasteiger partial charge in [0.15, 0.2) is 0 Å². The number of sulfonamides is 1. The van der Waals surface area contributed by atoms with Crippen LogP contribution in [0.1, 0.15) is 32.3 Å². The van der Waals surface area contributed by atoms with Crippen molar-refractivity contribution in [2.45, 2.75) is 44.2 Å². The fourth-order valence-electron chi connectivity index (χ4n) is 2.19. The molecule has 1 saturated carbocycles. The first-order chi connectivity index (χ1) is 9.77. The van der Waals surface area contributed by atoms with Crippen LogP contribution in [0.15, 0.2) is 17.0 Å². The summed E-state index contributed by atoms with van der Waals surface area (Å²) >= 11 is 5.85. The van der Waals surface area contributed by atoms with Crippen molar-refractivity contribution in [3.8, 4) is 0 Å². The third-order valence-corrected chi connectivity index (χ3v) is 5.81. The molecule has 0 bridgehead atoms. The summed E-state index contributed by atoms with van der Waals surface area (Å²) in [6.45, 7) is 3.31. The number of hydrogen-bond donors (Lipinski definition) is 1. The van der Waals surface area contributed by atoms with Gasteiger partial charge < -0.3 is 5.11 Å². The van der Waals surface area contributed by atoms with Gasteiger partial charge in [-0.15, -0.1) is 0 Å². The zero-order valence-electron chi connectivity index (χ0n) is 12.0. The topological polar surface area (TPSA) is 57.6 Å². The zero-order valence-corrected chi connectivity index (χ0v) is 13.6. The minimum Gasteiger partial charge on any atom is -0.392 e. The highest BCUT2D eigenvalue weighted by Crippen LogP contribution is 2.34. The molecule has 1 fully saturated rings. The highest BCUT2D eigenvalue weighted by Gasteiger charge is 2.35. The average Bonchev–Trinajstić information content (AvgIpc) is 3.21. The Labute approximate surface area is 129 Å². The maximum absolute atomic E-state index is 14.3. The molecule has 2 rings (SSSR count). The van der Waals surface area contributed by atoms with Crippen LogP contribution in [0.2, 0.25) is 5.02 Å². The quantitative estimate of drug-likeness (QED) is 0.869. The van der Waals surface area contributed by atoms with Crippen LogP contribution in [0.25, 0.3) is 0 Å². The molecule has 4 nitrogen and oxygen atoms in total. The molecule has 0 aromatic heterocycles. The van der Waals surface area contributed by atoms with Crippen molar-refractivity contribution >= 4 is 21.6 Å². The summed E-state index contributed by atoms with van der Waals surface area (Å²) in [7, 11) is -3.98. The van der Waals surface area contributed by atoms with Gasteiger partial charge in [-0.2, -0.15) is 4.31 Å². The normalized spacial score (nSPS) is 16.0. The third kappa shape index (κ3) is 3.56. The van der Waals surface area contributed by atoms with E-state index in [0.29, 0.717) is 12.5 Å². The molecule has 0 radical (unpaired) electrons. The van der Waals surface area contributed by atoms with Crippen LogP contribution in [0.4, 0.5) is 4.39 Å². The van der Waals surface area contributed by atoms with E-state index in [4.69, 9.17) is 16.7 Å². The molecule has 1 aliphatic carbocycles. The second-order valence-corrected chi connectivity index (χ2v) is 7.94. The van der Waals surface area contributed by atoms with Crippen molar-refractivity contribution in [3.63, 3.8) is 0 Å². The molecule has 0 atom stereocenters. The van der Waals surface area contributed by atoms with Gasteiger partial charge in [0, 0.05) is 23.2 Å². The Balaban J connectivity index is 2.48. The average molecular weight is 336 g/mol. The molecule has 21 heavy (non-hydrogen) atoms. The van der Waals surface area contributed by atoms with Crippen molar-refractivity contribution in [2.24, 2.45) is 5.92 Å². The Hall–Kier alpha value is -0.690. The fraction of sp³-hybridized carbons (Fsp3) is 0.571. The van der Waals surface area contributed by atoms with E-state index in [0.717, 1.165) is 18.9 Å². The van der Waals surface area contributed by atoms with E-state index < -0.39 is 27.3 Å². The predicted molar refractivity (Wildman–Crippen MR) is 79.1 cm³/mol. The Morgan fingerprint density at radius 2 is 2.05 bits per heavy atom. The van der Waals surface area contributed by atoms with Gasteiger partial charge in [-0.1, -0.05) is 11.6 Å². The predicted octanol–water partition coefficient (Wildman–Crippen LogP) is 2.78. The highest BCUT2D eigenvalue weighted by molar-refractivity contribution is 7.89. The first-order valence-corrected chi connectivity index (χ1v) is 8.69. The van der Waals surface area contributed by atoms with E-state index in [1.165, 1.54) is 10.4 Å². The fourth-order valence-corrected chi connectivity index (χ4v) is 4.34. The lowest BCUT2D eigenvalue weighted by Gasteiger charge is -2.26. The number of halogens is 2. The Morgan fingerprint density at radius 1 is 1.43 bits per heavy atom. The Bertz CT molecular complexity index is 629. The van der Waals surface area contributed by atoms with Gasteiger partial charge in [-0.05, 0) is 44.7 Å². The van der Waals surface area contributed by atoms with E-state index in [1.807, 2.05) is 0 Å². The first-order valence-electron chi connectivity index (χ1n) is 6.88. The number of benzene rings is 1. The molecule has 0 aliphatic heterocycles. The van der Waals surface area contributed by atoms with E-state index in [2.05, 4.69) is 0 Å². The summed E-state index contributed by atoms with van der Waals surface area (Å²) in [6, 6.07) is 2.07. The highest BCUT2D eigenvalue weighted by atomic mass is 35.5. The minimum atomic E-state index is -3.98. The Kier molecular flexibility index (Phi) is 4.92. The number of rotatable bonds is 6. The second-order valence-electron chi connectivity index (χ2n) is 5.65. The maximum atomic E-state index is 14.3. The van der Waals surface area contributed by atoms with Crippen molar-refractivity contribution in [3.05, 3.63) is 28.5 Å². The molecule has 0 spiro atoms. The first kappa shape index (κ1) is 16.7. The lowest BCUT2D eigenvalue weighted by molar-refractivity contribution is 0.274. The van der Waals surface area contributed by atoms with Crippen molar-refractivity contribution < 1.29 is 17.9 Å². The molecule has 0 saturated heterocycles. The van der Waals surface area contributed by atoms with Gasteiger partial charge in [0.1, 0.15) is 10.7 Å². The summed E-state index contributed by atoms with van der Waals surface area (Å²) in [5, 5.41) is 9.22. The molecular weight excluding hydrogens is 317 g/mol. The number of aliphatic hydroxyl groups is 1. The lowest BCUT2D eigenvalue weighted by atomic mass is 10.2. The minimum absolute atomic E-state index is 0.0918. The summed E-state index contributed by atoms with van der Waals surface area (Å²) < 4.78 is 41.1. The Morgan fingerprint density at radius 3 is 2.52 bits per heavy atom. The van der Waals surface area contributed by atoms with Crippen molar-refractivity contribution in [1.29, 1.82) is 0 Å². The summed E-state index contributed by atoms with van der Waals surface area (Å²) in [5.74, 6) is -0.579. The van der Waals surface area contributed by atoms with Gasteiger partial charge in [0.2, 0.25) is 10.0 Å². The van der Waals surface area contributed by atoms with Crippen LogP contribution >= 0.6 is 11.6 Å². The summed E-state index contributed by atoms with van der Waals surface area (Å²) in [5.41, 5.74) is -0.115. The van der Waals surface area contributed by atoms with Crippen LogP contribution in [-0.4, -0.2) is 30.4 Å². The molecule has 1 N–H and O–H groups in total. The van der Waals surface area contributed by atoms with Gasteiger partial charge >= 0.3 is 0 Å². The molecule has 7 heteroatoms. The monoisotopic (exact) mass is 335 g/mol. The van der Waals surface area contributed by atoms with E-state index in [-0.39, 0.29) is 16.6 Å². The molecule has 0 amide bonds. The van der Waals surface area contributed by atoms with Gasteiger partial charge in [0.25, 0.3) is 0 Å². The van der Waals surface area contributed by atoms with Crippen LogP contribution in [0.3, 0.4) is 0 Å². The molecule has 118 valence electrons. The molecule has 0 heterocycles. The largest absolute Gasteiger partial charge is 0.392 e. The SMILES string of the molecule is CC(C)N(CC1CC1)S(=O)(=O)c1cc(Cl)cc(CO)c1F. The summed E-state index contributed by atoms with van der Waals surface area (Å²) in [6.07, 6.45) is 2.00. The number of hydrogen-bond acceptors (Lipinski definition) is 3. The van der Waals surface area contributed by atoms with E-state index in [9.17, 15) is 12.8 Å². The standard InChI is InChI=1S/C14H19ClFNO3S/c1-9(2)17(7-10-3-4-10)21(19,20)13-6-12(15)5-11(8-18)14(13)16/h5-6,9-10,18H,3-4,7-8H2,1-2H3. The van der Waals surface area contributed by atoms with Gasteiger partial charge in [-0.3, -0.25) is 0 Å². The van der Waals surface area contributed by atoms with Gasteiger partial charge in [0.05, 0.1) is 6.61 Å². The zero-order chi connectivity index (χ0) is 15.8. The molecule has 1 aromatic carbocycles. The summed E-state index contributed by atoms with van der Waals surface area (Å²) in [4.78, 5) is -0.464. The second kappa shape index (κ2) is 6.20. The third-order valence-electron chi connectivity index (χ3n) is 3.55. The lowest BCUT2D eigenvalue weighted by Crippen LogP contribution is -2.39. The van der Waals surface area contributed by atoms with E-state index >= 15 is 0 Å². The molecule has 0 unspecified atom stereocenters. The van der Waals surface area contributed by atoms with Crippen LogP contribution in [-0.2, 0) is 16.6 Å². The number of nitrogens with zero attached hydrogens (tertiary/aromatic N) is 1. The van der Waals surface area contributed by atoms with Crippen molar-refractivity contribution in [1.82, 2.24) is 4.31 Å². The smallest absolute Gasteiger partial charge is 0.246 e. The van der Waals surface area contributed by atoms with Crippen LogP contribution < -0.4 is 0 Å². The maximum Gasteiger partial charge on any atom is 0.246 e. The molecule has 1 aromatic rings. The number of aliphatic hydroxyl groups excluding tert-OH is 1. The molecular formula is C14H19ClFNO3S. The molecule has 1 aliphatic rings. The van der Waals surface area contributed by atoms with Crippen molar-refractivity contribution in [2.75, 3.05) is 6.54 Å². The van der Waals surface area contributed by atoms with Crippen LogP contribution in [0, 0.1) is 11.7 Å².